The molecule has 0 bridgehead atoms. The molecule has 7 rings (SSSR count). The number of benzene rings is 3. The van der Waals surface area contributed by atoms with E-state index in [1.807, 2.05) is 78.5 Å². The average molecular weight is 732 g/mol. The van der Waals surface area contributed by atoms with E-state index in [-0.39, 0.29) is 19.6 Å². The molecule has 3 aromatic carbocycles. The van der Waals surface area contributed by atoms with Crippen LogP contribution in [0.2, 0.25) is 0 Å². The normalized spacial score (nSPS) is 13.1. The first-order valence-electron chi connectivity index (χ1n) is 17.6. The summed E-state index contributed by atoms with van der Waals surface area (Å²) in [5, 5.41) is 14.9. The number of hydrogen-bond donors (Lipinski definition) is 1. The van der Waals surface area contributed by atoms with Gasteiger partial charge >= 0.3 is 5.97 Å². The van der Waals surface area contributed by atoms with E-state index in [0.29, 0.717) is 40.3 Å². The standard InChI is InChI=1S/C41H41N5O6S/c1-27-35(42-39(52-27)31-15-12-29(13-16-31)23-38(47)48)26-50-36-19-14-30(22-37(36)49-3)25-51-40-32(24-46(44-40)33-10-6-4-7-11-33)17-18-34-28(2)53-41(43-34)45-20-8-5-9-21-45/h4,6-7,10-19,22,24H,5,8-9,20-21,23,25-26H2,1-3H3,(H,47,48). The van der Waals surface area contributed by atoms with Gasteiger partial charge in [-0.25, -0.2) is 14.6 Å². The van der Waals surface area contributed by atoms with Crippen LogP contribution in [0.5, 0.6) is 17.4 Å². The average Bonchev–Trinajstić information content (AvgIpc) is 3.89. The number of piperidine rings is 1. The van der Waals surface area contributed by atoms with E-state index in [0.717, 1.165) is 46.3 Å². The molecule has 1 N–H and O–H groups in total. The van der Waals surface area contributed by atoms with Crippen molar-refractivity contribution in [1.82, 2.24) is 19.7 Å². The number of nitrogens with zero attached hydrogens (tertiary/aromatic N) is 5. The molecule has 6 aromatic rings. The second-order valence-electron chi connectivity index (χ2n) is 12.8. The van der Waals surface area contributed by atoms with Crippen LogP contribution in [0.4, 0.5) is 5.13 Å². The molecule has 11 nitrogen and oxygen atoms in total. The van der Waals surface area contributed by atoms with Crippen LogP contribution >= 0.6 is 11.3 Å². The van der Waals surface area contributed by atoms with E-state index in [2.05, 4.69) is 16.8 Å². The summed E-state index contributed by atoms with van der Waals surface area (Å²) in [5.41, 5.74) is 5.71. The first kappa shape index (κ1) is 35.5. The SMILES string of the molecule is COc1cc(COc2nn(-c3ccccc3)cc2C=Cc2nc(N3CCCCC3)sc2C)ccc1OCc1nc(-c2ccc(CC(=O)O)cc2)oc1C. The maximum Gasteiger partial charge on any atom is 0.307 e. The van der Waals surface area contributed by atoms with Crippen LogP contribution in [0.25, 0.3) is 29.3 Å². The van der Waals surface area contributed by atoms with Gasteiger partial charge in [0.05, 0.1) is 30.5 Å². The summed E-state index contributed by atoms with van der Waals surface area (Å²) in [5.74, 6) is 1.80. The highest BCUT2D eigenvalue weighted by molar-refractivity contribution is 7.15. The van der Waals surface area contributed by atoms with Gasteiger partial charge in [0.2, 0.25) is 11.8 Å². The number of oxazole rings is 1. The molecule has 272 valence electrons. The Bertz CT molecular complexity index is 2200. The van der Waals surface area contributed by atoms with Crippen molar-refractivity contribution >= 4 is 34.6 Å². The zero-order chi connectivity index (χ0) is 36.7. The number of aromatic nitrogens is 4. The quantitative estimate of drug-likeness (QED) is 0.117. The summed E-state index contributed by atoms with van der Waals surface area (Å²) in [6.45, 7) is 6.50. The highest BCUT2D eigenvalue weighted by atomic mass is 32.1. The minimum Gasteiger partial charge on any atom is -0.493 e. The lowest BCUT2D eigenvalue weighted by molar-refractivity contribution is -0.136. The first-order valence-corrected chi connectivity index (χ1v) is 18.4. The Balaban J connectivity index is 1.04. The lowest BCUT2D eigenvalue weighted by Crippen LogP contribution is -2.29. The molecule has 4 heterocycles. The molecule has 53 heavy (non-hydrogen) atoms. The topological polar surface area (TPSA) is 125 Å². The number of thiazole rings is 1. The van der Waals surface area contributed by atoms with Crippen molar-refractivity contribution in [3.63, 3.8) is 0 Å². The summed E-state index contributed by atoms with van der Waals surface area (Å²) >= 11 is 1.75. The van der Waals surface area contributed by atoms with Gasteiger partial charge in [-0.3, -0.25) is 4.79 Å². The number of para-hydroxylation sites is 1. The van der Waals surface area contributed by atoms with Crippen molar-refractivity contribution in [2.24, 2.45) is 0 Å². The van der Waals surface area contributed by atoms with Crippen molar-refractivity contribution in [2.45, 2.75) is 52.7 Å². The molecule has 0 unspecified atom stereocenters. The fourth-order valence-corrected chi connectivity index (χ4v) is 7.04. The van der Waals surface area contributed by atoms with Gasteiger partial charge in [0.15, 0.2) is 16.6 Å². The zero-order valence-corrected chi connectivity index (χ0v) is 30.8. The highest BCUT2D eigenvalue weighted by Crippen LogP contribution is 2.32. The Morgan fingerprint density at radius 2 is 1.68 bits per heavy atom. The van der Waals surface area contributed by atoms with Crippen molar-refractivity contribution in [3.8, 4) is 34.5 Å². The number of carboxylic acids is 1. The molecular weight excluding hydrogens is 691 g/mol. The number of hydrogen-bond acceptors (Lipinski definition) is 10. The Kier molecular flexibility index (Phi) is 10.9. The van der Waals surface area contributed by atoms with E-state index in [4.69, 9.17) is 33.8 Å². The predicted molar refractivity (Wildman–Crippen MR) is 205 cm³/mol. The van der Waals surface area contributed by atoms with Gasteiger partial charge in [0.25, 0.3) is 0 Å². The monoisotopic (exact) mass is 731 g/mol. The number of carboxylic acid groups (broad SMARTS) is 1. The summed E-state index contributed by atoms with van der Waals surface area (Å²) < 4.78 is 25.9. The third-order valence-corrected chi connectivity index (χ3v) is 10.1. The van der Waals surface area contributed by atoms with Gasteiger partial charge in [-0.15, -0.1) is 16.4 Å². The molecule has 1 aliphatic rings. The lowest BCUT2D eigenvalue weighted by atomic mass is 10.1. The minimum absolute atomic E-state index is 0.0405. The number of ether oxygens (including phenoxy) is 3. The lowest BCUT2D eigenvalue weighted by Gasteiger charge is -2.25. The molecule has 0 amide bonds. The molecule has 1 fully saturated rings. The summed E-state index contributed by atoms with van der Waals surface area (Å²) in [4.78, 5) is 24.2. The first-order chi connectivity index (χ1) is 25.8. The van der Waals surface area contributed by atoms with Crippen LogP contribution < -0.4 is 19.1 Å². The summed E-state index contributed by atoms with van der Waals surface area (Å²) in [6.07, 6.45) is 9.71. The fraction of sp³-hybridized carbons (Fsp3) is 0.268. The summed E-state index contributed by atoms with van der Waals surface area (Å²) in [6, 6.07) is 22.8. The van der Waals surface area contributed by atoms with Crippen molar-refractivity contribution in [3.05, 3.63) is 118 Å². The smallest absolute Gasteiger partial charge is 0.307 e. The Morgan fingerprint density at radius 1 is 0.906 bits per heavy atom. The third kappa shape index (κ3) is 8.61. The maximum atomic E-state index is 11.0. The van der Waals surface area contributed by atoms with Gasteiger partial charge in [-0.1, -0.05) is 36.4 Å². The Hall–Kier alpha value is -5.88. The van der Waals surface area contributed by atoms with Crippen LogP contribution in [0.15, 0.2) is 83.4 Å². The molecule has 1 aliphatic heterocycles. The number of aliphatic carboxylic acids is 1. The molecule has 0 atom stereocenters. The van der Waals surface area contributed by atoms with Gasteiger partial charge in [-0.05, 0) is 92.8 Å². The van der Waals surface area contributed by atoms with Crippen molar-refractivity contribution < 1.29 is 28.5 Å². The summed E-state index contributed by atoms with van der Waals surface area (Å²) in [7, 11) is 1.60. The van der Waals surface area contributed by atoms with E-state index < -0.39 is 5.97 Å². The zero-order valence-electron chi connectivity index (χ0n) is 29.9. The molecule has 3 aromatic heterocycles. The van der Waals surface area contributed by atoms with Gasteiger partial charge in [-0.2, -0.15) is 0 Å². The Labute approximate surface area is 312 Å². The third-order valence-electron chi connectivity index (χ3n) is 9.01. The van der Waals surface area contributed by atoms with Gasteiger partial charge in [0.1, 0.15) is 24.7 Å². The van der Waals surface area contributed by atoms with Gasteiger partial charge in [0, 0.05) is 29.7 Å². The highest BCUT2D eigenvalue weighted by Gasteiger charge is 2.18. The van der Waals surface area contributed by atoms with Crippen LogP contribution in [0.3, 0.4) is 0 Å². The number of rotatable bonds is 14. The van der Waals surface area contributed by atoms with Crippen LogP contribution in [0.1, 0.15) is 58.0 Å². The predicted octanol–water partition coefficient (Wildman–Crippen LogP) is 8.56. The number of methoxy groups -OCH3 is 1. The molecule has 0 aliphatic carbocycles. The van der Waals surface area contributed by atoms with E-state index in [1.54, 1.807) is 42.7 Å². The fourth-order valence-electron chi connectivity index (χ4n) is 6.09. The van der Waals surface area contributed by atoms with Crippen LogP contribution in [0, 0.1) is 13.8 Å². The molecule has 0 radical (unpaired) electrons. The molecule has 1 saturated heterocycles. The maximum absolute atomic E-state index is 11.0. The van der Waals surface area contributed by atoms with Crippen molar-refractivity contribution in [2.75, 3.05) is 25.1 Å². The molecule has 0 spiro atoms. The van der Waals surface area contributed by atoms with Gasteiger partial charge < -0.3 is 28.6 Å². The largest absolute Gasteiger partial charge is 0.493 e. The molecule has 0 saturated carbocycles. The van der Waals surface area contributed by atoms with E-state index in [9.17, 15) is 4.79 Å². The second-order valence-corrected chi connectivity index (χ2v) is 14.0. The van der Waals surface area contributed by atoms with Crippen molar-refractivity contribution in [1.29, 1.82) is 0 Å². The van der Waals surface area contributed by atoms with Crippen LogP contribution in [-0.4, -0.2) is 51.0 Å². The molecule has 12 heteroatoms. The minimum atomic E-state index is -0.878. The van der Waals surface area contributed by atoms with Crippen LogP contribution in [-0.2, 0) is 24.4 Å². The Morgan fingerprint density at radius 3 is 2.43 bits per heavy atom. The van der Waals surface area contributed by atoms with E-state index >= 15 is 0 Å². The number of carbonyl (C=O) groups is 1. The second kappa shape index (κ2) is 16.2. The number of aryl methyl sites for hydroxylation is 2. The molecular formula is C41H41N5O6S. The number of anilines is 1. The van der Waals surface area contributed by atoms with E-state index in [1.165, 1.54) is 24.1 Å².